The summed E-state index contributed by atoms with van der Waals surface area (Å²) >= 11 is 0. The minimum Gasteiger partial charge on any atom is -0.490 e. The van der Waals surface area contributed by atoms with Crippen LogP contribution in [0.5, 0.6) is 11.5 Å². The second-order valence-corrected chi connectivity index (χ2v) is 5.02. The van der Waals surface area contributed by atoms with Crippen molar-refractivity contribution in [3.05, 3.63) is 54.9 Å². The number of rotatable bonds is 7. The molecule has 0 fully saturated rings. The maximum absolute atomic E-state index is 12.1. The summed E-state index contributed by atoms with van der Waals surface area (Å²) in [5, 5.41) is 13.7. The number of anilines is 1. The van der Waals surface area contributed by atoms with E-state index in [-0.39, 0.29) is 12.5 Å². The van der Waals surface area contributed by atoms with Gasteiger partial charge in [-0.05, 0) is 53.7 Å². The van der Waals surface area contributed by atoms with E-state index in [9.17, 15) is 4.79 Å². The Morgan fingerprint density at radius 2 is 1.80 bits per heavy atom. The van der Waals surface area contributed by atoms with Gasteiger partial charge in [0.05, 0.1) is 12.3 Å². The van der Waals surface area contributed by atoms with E-state index in [1.807, 2.05) is 19.1 Å². The lowest BCUT2D eigenvalue weighted by Crippen LogP contribution is -2.20. The number of hydrogen-bond donors (Lipinski definition) is 1. The molecule has 25 heavy (non-hydrogen) atoms. The molecular formula is C17H17N5O3. The highest BCUT2D eigenvalue weighted by Gasteiger charge is 2.08. The van der Waals surface area contributed by atoms with Crippen LogP contribution in [0.4, 0.5) is 5.69 Å². The van der Waals surface area contributed by atoms with E-state index in [4.69, 9.17) is 9.47 Å². The van der Waals surface area contributed by atoms with Crippen molar-refractivity contribution in [1.82, 2.24) is 20.2 Å². The molecule has 0 aliphatic carbocycles. The maximum Gasteiger partial charge on any atom is 0.262 e. The quantitative estimate of drug-likeness (QED) is 0.709. The zero-order valence-electron chi connectivity index (χ0n) is 13.6. The van der Waals surface area contributed by atoms with Crippen LogP contribution in [0.3, 0.4) is 0 Å². The number of amides is 1. The van der Waals surface area contributed by atoms with Crippen molar-refractivity contribution < 1.29 is 14.3 Å². The number of carbonyl (C=O) groups excluding carboxylic acids is 1. The molecule has 0 aliphatic heterocycles. The third-order valence-electron chi connectivity index (χ3n) is 3.27. The number of benzene rings is 2. The summed E-state index contributed by atoms with van der Waals surface area (Å²) in [6.07, 6.45) is 1.50. The highest BCUT2D eigenvalue weighted by Crippen LogP contribution is 2.26. The summed E-state index contributed by atoms with van der Waals surface area (Å²) < 4.78 is 12.5. The molecule has 0 saturated carbocycles. The van der Waals surface area contributed by atoms with Crippen molar-refractivity contribution in [2.75, 3.05) is 18.5 Å². The minimum absolute atomic E-state index is 0.112. The van der Waals surface area contributed by atoms with Crippen molar-refractivity contribution in [2.45, 2.75) is 6.92 Å². The van der Waals surface area contributed by atoms with E-state index < -0.39 is 0 Å². The lowest BCUT2D eigenvalue weighted by molar-refractivity contribution is -0.118. The first kappa shape index (κ1) is 16.4. The number of ether oxygens (including phenoxy) is 2. The van der Waals surface area contributed by atoms with Gasteiger partial charge >= 0.3 is 0 Å². The third-order valence-corrected chi connectivity index (χ3v) is 3.27. The Kier molecular flexibility index (Phi) is 5.20. The van der Waals surface area contributed by atoms with Crippen LogP contribution in [0.1, 0.15) is 6.92 Å². The van der Waals surface area contributed by atoms with Crippen molar-refractivity contribution in [3.8, 4) is 17.2 Å². The van der Waals surface area contributed by atoms with Crippen LogP contribution < -0.4 is 14.8 Å². The van der Waals surface area contributed by atoms with Gasteiger partial charge in [0.25, 0.3) is 5.91 Å². The molecule has 1 aromatic heterocycles. The van der Waals surface area contributed by atoms with E-state index in [1.54, 1.807) is 36.4 Å². The first-order chi connectivity index (χ1) is 12.3. The number of hydrogen-bond acceptors (Lipinski definition) is 6. The molecule has 0 radical (unpaired) electrons. The van der Waals surface area contributed by atoms with Crippen molar-refractivity contribution in [3.63, 3.8) is 0 Å². The molecule has 0 unspecified atom stereocenters. The van der Waals surface area contributed by atoms with Crippen LogP contribution in [0, 0.1) is 0 Å². The molecule has 0 bridgehead atoms. The van der Waals surface area contributed by atoms with Gasteiger partial charge in [0.1, 0.15) is 6.33 Å². The molecule has 1 amide bonds. The molecule has 1 heterocycles. The van der Waals surface area contributed by atoms with Crippen LogP contribution >= 0.6 is 0 Å². The number of nitrogens with zero attached hydrogens (tertiary/aromatic N) is 4. The predicted molar refractivity (Wildman–Crippen MR) is 90.9 cm³/mol. The van der Waals surface area contributed by atoms with Gasteiger partial charge in [-0.3, -0.25) is 4.79 Å². The number of nitrogens with one attached hydrogen (secondary N) is 1. The fourth-order valence-electron chi connectivity index (χ4n) is 2.16. The Labute approximate surface area is 144 Å². The second-order valence-electron chi connectivity index (χ2n) is 5.02. The number of para-hydroxylation sites is 2. The van der Waals surface area contributed by atoms with Crippen LogP contribution in [-0.4, -0.2) is 39.3 Å². The molecule has 0 spiro atoms. The van der Waals surface area contributed by atoms with E-state index in [2.05, 4.69) is 20.8 Å². The molecule has 0 atom stereocenters. The molecule has 8 nitrogen and oxygen atoms in total. The first-order valence-corrected chi connectivity index (χ1v) is 7.74. The molecule has 2 aromatic carbocycles. The molecule has 1 N–H and O–H groups in total. The molecule has 3 rings (SSSR count). The van der Waals surface area contributed by atoms with Crippen molar-refractivity contribution in [2.24, 2.45) is 0 Å². The number of aromatic nitrogens is 4. The van der Waals surface area contributed by atoms with Crippen LogP contribution in [0.2, 0.25) is 0 Å². The van der Waals surface area contributed by atoms with Crippen LogP contribution in [-0.2, 0) is 4.79 Å². The van der Waals surface area contributed by atoms with Gasteiger partial charge in [0.15, 0.2) is 18.1 Å². The zero-order valence-corrected chi connectivity index (χ0v) is 13.6. The van der Waals surface area contributed by atoms with Crippen molar-refractivity contribution >= 4 is 11.6 Å². The van der Waals surface area contributed by atoms with Gasteiger partial charge in [-0.1, -0.05) is 12.1 Å². The highest BCUT2D eigenvalue weighted by atomic mass is 16.5. The van der Waals surface area contributed by atoms with E-state index in [1.165, 1.54) is 11.0 Å². The second kappa shape index (κ2) is 7.91. The van der Waals surface area contributed by atoms with Gasteiger partial charge in [-0.25, -0.2) is 4.68 Å². The molecule has 3 aromatic rings. The van der Waals surface area contributed by atoms with Gasteiger partial charge in [-0.15, -0.1) is 5.10 Å². The Morgan fingerprint density at radius 1 is 1.08 bits per heavy atom. The van der Waals surface area contributed by atoms with Crippen molar-refractivity contribution in [1.29, 1.82) is 0 Å². The Balaban J connectivity index is 1.56. The monoisotopic (exact) mass is 339 g/mol. The number of carbonyl (C=O) groups is 1. The fraction of sp³-hybridized carbons (Fsp3) is 0.176. The Morgan fingerprint density at radius 3 is 2.44 bits per heavy atom. The highest BCUT2D eigenvalue weighted by molar-refractivity contribution is 5.92. The van der Waals surface area contributed by atoms with Gasteiger partial charge in [0, 0.05) is 5.69 Å². The summed E-state index contributed by atoms with van der Waals surface area (Å²) in [6, 6.07) is 14.4. The summed E-state index contributed by atoms with van der Waals surface area (Å²) in [5.41, 5.74) is 1.45. The Bertz CT molecular complexity index is 819. The lowest BCUT2D eigenvalue weighted by atomic mass is 10.3. The van der Waals surface area contributed by atoms with E-state index in [0.717, 1.165) is 5.69 Å². The normalized spacial score (nSPS) is 10.3. The predicted octanol–water partition coefficient (Wildman–Crippen LogP) is 2.08. The van der Waals surface area contributed by atoms with Gasteiger partial charge in [-0.2, -0.15) is 0 Å². The standard InChI is InChI=1S/C17H17N5O3/c1-2-24-15-5-3-4-6-16(15)25-11-17(23)19-13-7-9-14(10-8-13)22-12-18-20-21-22/h3-10,12H,2,11H2,1H3,(H,19,23). The van der Waals surface area contributed by atoms with Crippen LogP contribution in [0.25, 0.3) is 5.69 Å². The average Bonchev–Trinajstić information content (AvgIpc) is 3.17. The number of tetrazole rings is 1. The smallest absolute Gasteiger partial charge is 0.262 e. The summed E-state index contributed by atoms with van der Waals surface area (Å²) in [6.45, 7) is 2.31. The van der Waals surface area contributed by atoms with E-state index >= 15 is 0 Å². The molecular weight excluding hydrogens is 322 g/mol. The fourth-order valence-corrected chi connectivity index (χ4v) is 2.16. The SMILES string of the molecule is CCOc1ccccc1OCC(=O)Nc1ccc(-n2cnnn2)cc1. The summed E-state index contributed by atoms with van der Waals surface area (Å²) in [4.78, 5) is 12.1. The molecule has 8 heteroatoms. The third kappa shape index (κ3) is 4.31. The summed E-state index contributed by atoms with van der Waals surface area (Å²) in [7, 11) is 0. The first-order valence-electron chi connectivity index (χ1n) is 7.74. The Hall–Kier alpha value is -3.42. The minimum atomic E-state index is -0.263. The zero-order chi connectivity index (χ0) is 17.5. The molecule has 0 aliphatic rings. The largest absolute Gasteiger partial charge is 0.490 e. The molecule has 128 valence electrons. The average molecular weight is 339 g/mol. The van der Waals surface area contributed by atoms with Gasteiger partial charge < -0.3 is 14.8 Å². The lowest BCUT2D eigenvalue weighted by Gasteiger charge is -2.11. The van der Waals surface area contributed by atoms with Crippen LogP contribution in [0.15, 0.2) is 54.9 Å². The molecule has 0 saturated heterocycles. The summed E-state index contributed by atoms with van der Waals surface area (Å²) in [5.74, 6) is 0.888. The van der Waals surface area contributed by atoms with Gasteiger partial charge in [0.2, 0.25) is 0 Å². The maximum atomic E-state index is 12.1. The topological polar surface area (TPSA) is 91.2 Å². The van der Waals surface area contributed by atoms with E-state index in [0.29, 0.717) is 23.8 Å².